The van der Waals surface area contributed by atoms with Crippen molar-refractivity contribution in [3.63, 3.8) is 0 Å². The summed E-state index contributed by atoms with van der Waals surface area (Å²) in [7, 11) is 0. The topological polar surface area (TPSA) is 260 Å². The highest BCUT2D eigenvalue weighted by molar-refractivity contribution is 5.95. The van der Waals surface area contributed by atoms with Crippen molar-refractivity contribution in [2.45, 2.75) is 135 Å². The van der Waals surface area contributed by atoms with Crippen LogP contribution in [0.4, 0.5) is 0 Å². The molecule has 53 heavy (non-hydrogen) atoms. The fourth-order valence-corrected chi connectivity index (χ4v) is 5.06. The maximum absolute atomic E-state index is 13.5. The van der Waals surface area contributed by atoms with E-state index in [9.17, 15) is 33.9 Å². The molecule has 0 aromatic heterocycles. The Kier molecular flexibility index (Phi) is 30.5. The summed E-state index contributed by atoms with van der Waals surface area (Å²) in [6.07, 6.45) is 4.25. The van der Waals surface area contributed by atoms with Crippen molar-refractivity contribution in [3.05, 3.63) is 0 Å². The second-order valence-corrected chi connectivity index (χ2v) is 12.9. The van der Waals surface area contributed by atoms with Gasteiger partial charge < -0.3 is 61.6 Å². The number of nitrogens with one attached hydrogen (secondary N) is 4. The van der Waals surface area contributed by atoms with Crippen molar-refractivity contribution in [2.75, 3.05) is 59.4 Å². The van der Waals surface area contributed by atoms with Gasteiger partial charge in [-0.1, -0.05) is 52.9 Å². The van der Waals surface area contributed by atoms with Gasteiger partial charge in [0.1, 0.15) is 24.4 Å². The van der Waals surface area contributed by atoms with Crippen molar-refractivity contribution in [3.8, 4) is 0 Å². The second-order valence-electron chi connectivity index (χ2n) is 12.9. The molecule has 1 unspecified atom stereocenters. The van der Waals surface area contributed by atoms with Crippen LogP contribution in [0.5, 0.6) is 0 Å². The number of rotatable bonds is 35. The van der Waals surface area contributed by atoms with Gasteiger partial charge in [0.15, 0.2) is 5.78 Å². The monoisotopic (exact) mass is 760 g/mol. The zero-order valence-corrected chi connectivity index (χ0v) is 32.4. The van der Waals surface area contributed by atoms with E-state index < -0.39 is 65.7 Å². The van der Waals surface area contributed by atoms with Gasteiger partial charge in [0.25, 0.3) is 0 Å². The highest BCUT2D eigenvalue weighted by Crippen LogP contribution is 2.09. The smallest absolute Gasteiger partial charge is 0.245 e. The molecular weight excluding hydrogens is 692 g/mol. The predicted molar refractivity (Wildman–Crippen MR) is 199 cm³/mol. The number of amides is 4. The first kappa shape index (κ1) is 49.9. The fourth-order valence-electron chi connectivity index (χ4n) is 5.06. The maximum atomic E-state index is 13.5. The molecule has 6 atom stereocenters. The highest BCUT2D eigenvalue weighted by atomic mass is 16.6. The number of nitrogens with two attached hydrogens (primary N) is 2. The molecule has 4 amide bonds. The molecule has 0 heterocycles. The number of carbonyl (C=O) groups is 6. The minimum atomic E-state index is -1.49. The third-order valence-electron chi connectivity index (χ3n) is 8.06. The second kappa shape index (κ2) is 32.4. The molecule has 0 aliphatic rings. The van der Waals surface area contributed by atoms with Gasteiger partial charge in [-0.05, 0) is 45.6 Å². The summed E-state index contributed by atoms with van der Waals surface area (Å²) >= 11 is 0. The van der Waals surface area contributed by atoms with Gasteiger partial charge in [-0.15, -0.1) is 0 Å². The number of aliphatic hydroxyl groups excluding tert-OH is 1. The lowest BCUT2D eigenvalue weighted by Crippen LogP contribution is -2.61. The SMILES string of the molecule is CCCCCC[C@H](NC(=O)CCOCCOCCOCCOCCC)C(=O)N[C@@H](CCN)C(=O)N[C@H](C(=O)N[C@@H](CC(N)C=O)C(C)=O)[C@H](O)CCC. The Labute approximate surface area is 315 Å². The van der Waals surface area contributed by atoms with Gasteiger partial charge >= 0.3 is 0 Å². The van der Waals surface area contributed by atoms with Gasteiger partial charge in [0, 0.05) is 13.0 Å². The molecule has 0 saturated carbocycles. The van der Waals surface area contributed by atoms with Crippen LogP contribution in [-0.2, 0) is 47.7 Å². The van der Waals surface area contributed by atoms with Crippen LogP contribution in [-0.4, -0.2) is 137 Å². The quantitative estimate of drug-likeness (QED) is 0.0326. The number of aldehydes is 1. The molecule has 308 valence electrons. The molecule has 0 aliphatic carbocycles. The lowest BCUT2D eigenvalue weighted by molar-refractivity contribution is -0.136. The van der Waals surface area contributed by atoms with Gasteiger partial charge in [-0.2, -0.15) is 0 Å². The largest absolute Gasteiger partial charge is 0.390 e. The van der Waals surface area contributed by atoms with Crippen molar-refractivity contribution >= 4 is 35.7 Å². The van der Waals surface area contributed by atoms with Crippen molar-refractivity contribution in [1.82, 2.24) is 21.3 Å². The number of ether oxygens (including phenoxy) is 4. The summed E-state index contributed by atoms with van der Waals surface area (Å²) in [5.41, 5.74) is 11.4. The Morgan fingerprint density at radius 1 is 0.642 bits per heavy atom. The average molecular weight is 761 g/mol. The van der Waals surface area contributed by atoms with Gasteiger partial charge in [-0.25, -0.2) is 0 Å². The van der Waals surface area contributed by atoms with Crippen LogP contribution in [0.15, 0.2) is 0 Å². The Bertz CT molecular complexity index is 1040. The summed E-state index contributed by atoms with van der Waals surface area (Å²) in [6, 6.07) is -5.79. The summed E-state index contributed by atoms with van der Waals surface area (Å²) in [4.78, 5) is 76.3. The van der Waals surface area contributed by atoms with Crippen LogP contribution in [0.1, 0.15) is 98.3 Å². The predicted octanol–water partition coefficient (Wildman–Crippen LogP) is -0.222. The third-order valence-corrected chi connectivity index (χ3v) is 8.06. The molecule has 0 bridgehead atoms. The van der Waals surface area contributed by atoms with Crippen LogP contribution >= 0.6 is 0 Å². The lowest BCUT2D eigenvalue weighted by atomic mass is 10.0. The fraction of sp³-hybridized carbons (Fsp3) is 0.833. The normalized spacial score (nSPS) is 14.6. The van der Waals surface area contributed by atoms with E-state index >= 15 is 0 Å². The zero-order valence-electron chi connectivity index (χ0n) is 32.4. The zero-order chi connectivity index (χ0) is 39.9. The summed E-state index contributed by atoms with van der Waals surface area (Å²) < 4.78 is 21.7. The van der Waals surface area contributed by atoms with Crippen molar-refractivity contribution < 1.29 is 52.8 Å². The molecule has 0 fully saturated rings. The molecule has 0 aromatic rings. The molecule has 17 heteroatoms. The van der Waals surface area contributed by atoms with Crippen molar-refractivity contribution in [1.29, 1.82) is 0 Å². The van der Waals surface area contributed by atoms with E-state index in [0.717, 1.165) is 25.7 Å². The van der Waals surface area contributed by atoms with Crippen LogP contribution in [0.25, 0.3) is 0 Å². The van der Waals surface area contributed by atoms with E-state index in [1.54, 1.807) is 6.92 Å². The number of unbranched alkanes of at least 4 members (excludes halogenated alkanes) is 3. The van der Waals surface area contributed by atoms with E-state index in [4.69, 9.17) is 30.4 Å². The van der Waals surface area contributed by atoms with E-state index in [1.165, 1.54) is 6.92 Å². The molecular formula is C36H68N6O11. The Morgan fingerprint density at radius 2 is 1.19 bits per heavy atom. The first-order valence-electron chi connectivity index (χ1n) is 19.1. The third kappa shape index (κ3) is 24.8. The van der Waals surface area contributed by atoms with Crippen LogP contribution in [0.3, 0.4) is 0 Å². The first-order chi connectivity index (χ1) is 25.4. The summed E-state index contributed by atoms with van der Waals surface area (Å²) in [6.45, 7) is 10.4. The highest BCUT2D eigenvalue weighted by Gasteiger charge is 2.34. The van der Waals surface area contributed by atoms with Crippen LogP contribution in [0, 0.1) is 0 Å². The Hall–Kier alpha value is -3.06. The molecule has 0 aliphatic heterocycles. The lowest BCUT2D eigenvalue weighted by Gasteiger charge is -2.28. The number of hydrogen-bond acceptors (Lipinski definition) is 13. The Balaban J connectivity index is 5.33. The molecule has 9 N–H and O–H groups in total. The molecule has 17 nitrogen and oxygen atoms in total. The van der Waals surface area contributed by atoms with Crippen LogP contribution < -0.4 is 32.7 Å². The Morgan fingerprint density at radius 3 is 1.72 bits per heavy atom. The van der Waals surface area contributed by atoms with E-state index in [2.05, 4.69) is 28.2 Å². The summed E-state index contributed by atoms with van der Waals surface area (Å²) in [5, 5.41) is 21.2. The van der Waals surface area contributed by atoms with Crippen molar-refractivity contribution in [2.24, 2.45) is 11.5 Å². The minimum absolute atomic E-state index is 0.00164. The minimum Gasteiger partial charge on any atom is -0.390 e. The van der Waals surface area contributed by atoms with Gasteiger partial charge in [0.2, 0.25) is 23.6 Å². The molecule has 0 aromatic carbocycles. The first-order valence-corrected chi connectivity index (χ1v) is 19.1. The molecule has 0 spiro atoms. The number of aliphatic hydroxyl groups is 1. The van der Waals surface area contributed by atoms with E-state index in [-0.39, 0.29) is 45.4 Å². The number of hydrogen-bond donors (Lipinski definition) is 7. The molecule has 0 saturated heterocycles. The van der Waals surface area contributed by atoms with Crippen LogP contribution in [0.2, 0.25) is 0 Å². The van der Waals surface area contributed by atoms with E-state index in [1.807, 2.05) is 6.92 Å². The molecule has 0 rings (SSSR count). The summed E-state index contributed by atoms with van der Waals surface area (Å²) in [5.74, 6) is -3.13. The number of Topliss-reactive ketones (excluding diaryl/α,β-unsaturated/α-hetero) is 1. The maximum Gasteiger partial charge on any atom is 0.245 e. The standard InChI is InChI=1S/C36H68N6O11/c1-5-8-9-10-12-28(39-32(46)14-17-51-19-21-53-23-22-52-20-18-50-16-7-3)34(47)40-29(13-15-37)35(48)42-33(31(45)11-6-2)36(49)41-30(26(4)44)24-27(38)25-43/h25,27-31,33,45H,5-24,37-38H2,1-4H3,(H,39,46)(H,40,47)(H,41,49)(H,42,48)/t27?,28-,29-,30-,31+,33-/m0/s1. The number of ketones is 1. The number of carbonyl (C=O) groups excluding carboxylic acids is 6. The van der Waals surface area contributed by atoms with Gasteiger partial charge in [-0.3, -0.25) is 24.0 Å². The molecule has 0 radical (unpaired) electrons. The average Bonchev–Trinajstić information content (AvgIpc) is 3.12. The van der Waals surface area contributed by atoms with Gasteiger partial charge in [0.05, 0.1) is 64.4 Å². The van der Waals surface area contributed by atoms with E-state index in [0.29, 0.717) is 65.2 Å².